The molecule has 2 heterocycles. The fourth-order valence-electron chi connectivity index (χ4n) is 2.10. The largest absolute Gasteiger partial charge is 0.376 e. The highest BCUT2D eigenvalue weighted by Gasteiger charge is 2.40. The van der Waals surface area contributed by atoms with Gasteiger partial charge in [0.1, 0.15) is 5.82 Å². The minimum Gasteiger partial charge on any atom is -0.376 e. The lowest BCUT2D eigenvalue weighted by Gasteiger charge is -2.29. The number of nitrogens with one attached hydrogen (secondary N) is 1. The van der Waals surface area contributed by atoms with Crippen molar-refractivity contribution in [3.63, 3.8) is 0 Å². The lowest BCUT2D eigenvalue weighted by molar-refractivity contribution is 0.0744. The van der Waals surface area contributed by atoms with E-state index in [1.807, 2.05) is 6.92 Å². The van der Waals surface area contributed by atoms with Gasteiger partial charge in [0.2, 0.25) is 0 Å². The first-order valence-corrected chi connectivity index (χ1v) is 5.22. The van der Waals surface area contributed by atoms with E-state index in [4.69, 9.17) is 17.0 Å². The van der Waals surface area contributed by atoms with E-state index in [9.17, 15) is 0 Å². The van der Waals surface area contributed by atoms with Crippen LogP contribution in [-0.2, 0) is 10.3 Å². The number of hydrogen-bond donors (Lipinski definition) is 1. The SMILES string of the molecule is Cc1n[nH]c(=S)n1C1(C)CCOC1C. The van der Waals surface area contributed by atoms with Crippen LogP contribution in [0.15, 0.2) is 0 Å². The predicted molar refractivity (Wildman–Crippen MR) is 55.8 cm³/mol. The normalized spacial score (nSPS) is 32.4. The molecule has 0 saturated carbocycles. The Bertz CT molecular complexity index is 397. The van der Waals surface area contributed by atoms with Crippen LogP contribution in [0.2, 0.25) is 0 Å². The Morgan fingerprint density at radius 2 is 2.43 bits per heavy atom. The highest BCUT2D eigenvalue weighted by molar-refractivity contribution is 7.71. The Morgan fingerprint density at radius 3 is 2.86 bits per heavy atom. The molecule has 0 radical (unpaired) electrons. The van der Waals surface area contributed by atoms with E-state index in [1.54, 1.807) is 0 Å². The summed E-state index contributed by atoms with van der Waals surface area (Å²) in [5, 5.41) is 6.95. The van der Waals surface area contributed by atoms with Crippen molar-refractivity contribution in [2.75, 3.05) is 6.61 Å². The van der Waals surface area contributed by atoms with E-state index in [-0.39, 0.29) is 11.6 Å². The molecule has 2 rings (SSSR count). The van der Waals surface area contributed by atoms with Crippen molar-refractivity contribution >= 4 is 12.2 Å². The van der Waals surface area contributed by atoms with Gasteiger partial charge in [-0.2, -0.15) is 5.10 Å². The van der Waals surface area contributed by atoms with Gasteiger partial charge in [0, 0.05) is 6.61 Å². The molecule has 0 aliphatic carbocycles. The van der Waals surface area contributed by atoms with Crippen LogP contribution in [0.3, 0.4) is 0 Å². The number of nitrogens with zero attached hydrogens (tertiary/aromatic N) is 2. The molecule has 1 saturated heterocycles. The number of hydrogen-bond acceptors (Lipinski definition) is 3. The number of rotatable bonds is 1. The third kappa shape index (κ3) is 1.23. The van der Waals surface area contributed by atoms with Crippen molar-refractivity contribution in [1.82, 2.24) is 14.8 Å². The monoisotopic (exact) mass is 213 g/mol. The van der Waals surface area contributed by atoms with Crippen molar-refractivity contribution in [3.8, 4) is 0 Å². The molecule has 0 aromatic carbocycles. The smallest absolute Gasteiger partial charge is 0.195 e. The summed E-state index contributed by atoms with van der Waals surface area (Å²) in [5.74, 6) is 0.926. The zero-order valence-corrected chi connectivity index (χ0v) is 9.52. The summed E-state index contributed by atoms with van der Waals surface area (Å²) in [5.41, 5.74) is -0.0475. The van der Waals surface area contributed by atoms with Gasteiger partial charge >= 0.3 is 0 Å². The fraction of sp³-hybridized carbons (Fsp3) is 0.778. The highest BCUT2D eigenvalue weighted by atomic mass is 32.1. The Balaban J connectivity index is 2.53. The molecule has 78 valence electrons. The Labute approximate surface area is 88.3 Å². The zero-order valence-electron chi connectivity index (χ0n) is 8.70. The molecule has 1 aromatic rings. The van der Waals surface area contributed by atoms with Crippen molar-refractivity contribution in [2.24, 2.45) is 0 Å². The first kappa shape index (κ1) is 9.86. The molecule has 0 spiro atoms. The fourth-order valence-corrected chi connectivity index (χ4v) is 2.48. The molecule has 0 amide bonds. The molecule has 1 aliphatic rings. The summed E-state index contributed by atoms with van der Waals surface area (Å²) < 4.78 is 8.35. The second-order valence-electron chi connectivity index (χ2n) is 4.03. The summed E-state index contributed by atoms with van der Waals surface area (Å²) in [6, 6.07) is 0. The molecular formula is C9H15N3OS. The number of aromatic nitrogens is 3. The van der Waals surface area contributed by atoms with Crippen LogP contribution in [0.25, 0.3) is 0 Å². The Kier molecular flexibility index (Phi) is 2.23. The topological polar surface area (TPSA) is 42.8 Å². The predicted octanol–water partition coefficient (Wildman–Crippen LogP) is 1.77. The second kappa shape index (κ2) is 3.17. The molecule has 5 heteroatoms. The summed E-state index contributed by atoms with van der Waals surface area (Å²) in [6.45, 7) is 7.01. The van der Waals surface area contributed by atoms with Gasteiger partial charge in [-0.3, -0.25) is 9.67 Å². The molecule has 0 bridgehead atoms. The molecule has 2 atom stereocenters. The Morgan fingerprint density at radius 1 is 1.71 bits per heavy atom. The van der Waals surface area contributed by atoms with Gasteiger partial charge < -0.3 is 4.74 Å². The summed E-state index contributed by atoms with van der Waals surface area (Å²) >= 11 is 5.22. The average molecular weight is 213 g/mol. The van der Waals surface area contributed by atoms with E-state index in [1.165, 1.54) is 0 Å². The van der Waals surface area contributed by atoms with E-state index in [0.29, 0.717) is 4.77 Å². The van der Waals surface area contributed by atoms with E-state index < -0.39 is 0 Å². The number of aromatic amines is 1. The molecule has 1 N–H and O–H groups in total. The van der Waals surface area contributed by atoms with Gasteiger partial charge in [-0.25, -0.2) is 0 Å². The van der Waals surface area contributed by atoms with E-state index >= 15 is 0 Å². The van der Waals surface area contributed by atoms with Crippen LogP contribution in [0, 0.1) is 11.7 Å². The molecule has 1 aromatic heterocycles. The van der Waals surface area contributed by atoms with E-state index in [2.05, 4.69) is 28.6 Å². The first-order chi connectivity index (χ1) is 6.55. The molecule has 4 nitrogen and oxygen atoms in total. The quantitative estimate of drug-likeness (QED) is 0.723. The van der Waals surface area contributed by atoms with E-state index in [0.717, 1.165) is 18.9 Å². The minimum atomic E-state index is -0.0475. The van der Waals surface area contributed by atoms with Crippen LogP contribution in [0.4, 0.5) is 0 Å². The van der Waals surface area contributed by atoms with Crippen molar-refractivity contribution in [1.29, 1.82) is 0 Å². The number of ether oxygens (including phenoxy) is 1. The Hall–Kier alpha value is -0.680. The van der Waals surface area contributed by atoms with Gasteiger partial charge in [0.05, 0.1) is 11.6 Å². The van der Waals surface area contributed by atoms with Crippen LogP contribution in [0.1, 0.15) is 26.1 Å². The molecule has 14 heavy (non-hydrogen) atoms. The standard InChI is InChI=1S/C9H15N3OS/c1-6-9(3,4-5-13-6)12-7(2)10-11-8(12)14/h6H,4-5H2,1-3H3,(H,11,14). The van der Waals surface area contributed by atoms with Crippen LogP contribution in [-0.4, -0.2) is 27.5 Å². The molecule has 1 aliphatic heterocycles. The summed E-state index contributed by atoms with van der Waals surface area (Å²) in [4.78, 5) is 0. The third-order valence-corrected chi connectivity index (χ3v) is 3.48. The van der Waals surface area contributed by atoms with Crippen molar-refractivity contribution in [2.45, 2.75) is 38.8 Å². The summed E-state index contributed by atoms with van der Waals surface area (Å²) in [7, 11) is 0. The zero-order chi connectivity index (χ0) is 10.3. The minimum absolute atomic E-state index is 0.0475. The first-order valence-electron chi connectivity index (χ1n) is 4.82. The lowest BCUT2D eigenvalue weighted by atomic mass is 9.94. The lowest BCUT2D eigenvalue weighted by Crippen LogP contribution is -2.37. The molecule has 1 fully saturated rings. The van der Waals surface area contributed by atoms with Crippen LogP contribution in [0.5, 0.6) is 0 Å². The third-order valence-electron chi connectivity index (χ3n) is 3.20. The summed E-state index contributed by atoms with van der Waals surface area (Å²) in [6.07, 6.45) is 1.17. The number of aryl methyl sites for hydroxylation is 1. The second-order valence-corrected chi connectivity index (χ2v) is 4.42. The van der Waals surface area contributed by atoms with Crippen molar-refractivity contribution < 1.29 is 4.74 Å². The molecule has 2 unspecified atom stereocenters. The van der Waals surface area contributed by atoms with Gasteiger partial charge in [0.25, 0.3) is 0 Å². The maximum Gasteiger partial charge on any atom is 0.195 e. The van der Waals surface area contributed by atoms with Crippen LogP contribution >= 0.6 is 12.2 Å². The van der Waals surface area contributed by atoms with Gasteiger partial charge in [0.15, 0.2) is 4.77 Å². The van der Waals surface area contributed by atoms with Gasteiger partial charge in [-0.05, 0) is 39.4 Å². The highest BCUT2D eigenvalue weighted by Crippen LogP contribution is 2.33. The average Bonchev–Trinajstić information content (AvgIpc) is 2.60. The van der Waals surface area contributed by atoms with Crippen molar-refractivity contribution in [3.05, 3.63) is 10.6 Å². The van der Waals surface area contributed by atoms with Gasteiger partial charge in [-0.1, -0.05) is 0 Å². The number of H-pyrrole nitrogens is 1. The molecular weight excluding hydrogens is 198 g/mol. The maximum atomic E-state index is 5.59. The maximum absolute atomic E-state index is 5.59. The van der Waals surface area contributed by atoms with Crippen LogP contribution < -0.4 is 0 Å². The van der Waals surface area contributed by atoms with Gasteiger partial charge in [-0.15, -0.1) is 0 Å².